The first-order valence-corrected chi connectivity index (χ1v) is 9.45. The number of halogens is 1. The third kappa shape index (κ3) is 6.33. The average molecular weight is 452 g/mol. The molecule has 0 aromatic heterocycles. The Labute approximate surface area is 165 Å². The molecule has 1 heterocycles. The third-order valence-electron chi connectivity index (χ3n) is 5.35. The summed E-state index contributed by atoms with van der Waals surface area (Å²) in [5, 5.41) is 17.6. The summed E-state index contributed by atoms with van der Waals surface area (Å²) in [4.78, 5) is 7.22. The summed E-state index contributed by atoms with van der Waals surface area (Å²) >= 11 is 0. The Morgan fingerprint density at radius 2 is 1.92 bits per heavy atom. The van der Waals surface area contributed by atoms with Crippen molar-refractivity contribution < 1.29 is 5.11 Å². The summed E-state index contributed by atoms with van der Waals surface area (Å²) < 4.78 is 0. The highest BCUT2D eigenvalue weighted by molar-refractivity contribution is 14.0. The lowest BCUT2D eigenvalue weighted by molar-refractivity contribution is 0.0131. The van der Waals surface area contributed by atoms with Gasteiger partial charge in [0.2, 0.25) is 0 Å². The van der Waals surface area contributed by atoms with Gasteiger partial charge in [-0.25, -0.2) is 0 Å². The average Bonchev–Trinajstić information content (AvgIpc) is 2.87. The Kier molecular flexibility index (Phi) is 9.30. The Balaban J connectivity index is 0.00000288. The summed E-state index contributed by atoms with van der Waals surface area (Å²) in [5.74, 6) is 1.47. The van der Waals surface area contributed by atoms with Gasteiger partial charge in [0.1, 0.15) is 0 Å². The van der Waals surface area contributed by atoms with E-state index in [1.165, 1.54) is 6.42 Å². The second-order valence-electron chi connectivity index (χ2n) is 7.76. The molecule has 2 aliphatic rings. The smallest absolute Gasteiger partial charge is 0.191 e. The van der Waals surface area contributed by atoms with Gasteiger partial charge in [-0.3, -0.25) is 9.89 Å². The van der Waals surface area contributed by atoms with Gasteiger partial charge in [-0.2, -0.15) is 0 Å². The van der Waals surface area contributed by atoms with Crippen molar-refractivity contribution >= 4 is 29.9 Å². The van der Waals surface area contributed by atoms with Crippen molar-refractivity contribution in [3.8, 4) is 0 Å². The molecule has 2 atom stereocenters. The molecule has 0 amide bonds. The quantitative estimate of drug-likeness (QED) is 0.341. The van der Waals surface area contributed by atoms with Gasteiger partial charge in [0, 0.05) is 31.7 Å². The molecule has 1 aliphatic heterocycles. The number of hydrogen-bond donors (Lipinski definition) is 3. The molecule has 2 fully saturated rings. The lowest BCUT2D eigenvalue weighted by Crippen LogP contribution is -2.47. The van der Waals surface area contributed by atoms with Crippen molar-refractivity contribution in [2.24, 2.45) is 10.9 Å². The lowest BCUT2D eigenvalue weighted by Gasteiger charge is -2.31. The second-order valence-corrected chi connectivity index (χ2v) is 7.76. The van der Waals surface area contributed by atoms with Crippen LogP contribution in [0.4, 0.5) is 0 Å². The number of aliphatic hydroxyl groups is 1. The third-order valence-corrected chi connectivity index (χ3v) is 5.35. The highest BCUT2D eigenvalue weighted by Gasteiger charge is 2.32. The van der Waals surface area contributed by atoms with Crippen molar-refractivity contribution in [2.45, 2.75) is 77.5 Å². The fraction of sp³-hybridized carbons (Fsp3) is 0.944. The van der Waals surface area contributed by atoms with Crippen LogP contribution in [0.15, 0.2) is 4.99 Å². The van der Waals surface area contributed by atoms with E-state index in [9.17, 15) is 5.11 Å². The molecule has 6 heteroatoms. The highest BCUT2D eigenvalue weighted by atomic mass is 127. The van der Waals surface area contributed by atoms with E-state index < -0.39 is 5.60 Å². The van der Waals surface area contributed by atoms with Gasteiger partial charge in [0.25, 0.3) is 0 Å². The first-order valence-electron chi connectivity index (χ1n) is 9.45. The Hall–Kier alpha value is -0.0800. The molecule has 1 saturated heterocycles. The van der Waals surface area contributed by atoms with Gasteiger partial charge in [0.05, 0.1) is 12.1 Å². The van der Waals surface area contributed by atoms with Crippen LogP contribution in [0.3, 0.4) is 0 Å². The minimum absolute atomic E-state index is 0. The number of nitrogens with zero attached hydrogens (tertiary/aromatic N) is 2. The van der Waals surface area contributed by atoms with Crippen molar-refractivity contribution in [1.29, 1.82) is 0 Å². The standard InChI is InChI=1S/C18H36N4O.HI/c1-5-19-17(20-13-18(23)9-7-6-8-10-18)21-16-12-22(14(2)3)11-15(16)4;/h14-16,23H,5-13H2,1-4H3,(H2,19,20,21);1H. The molecule has 0 aromatic rings. The molecule has 142 valence electrons. The molecule has 24 heavy (non-hydrogen) atoms. The molecule has 0 spiro atoms. The molecule has 2 rings (SSSR count). The van der Waals surface area contributed by atoms with Gasteiger partial charge >= 0.3 is 0 Å². The fourth-order valence-electron chi connectivity index (χ4n) is 3.70. The van der Waals surface area contributed by atoms with Crippen LogP contribution < -0.4 is 10.6 Å². The van der Waals surface area contributed by atoms with E-state index in [0.29, 0.717) is 24.5 Å². The molecular formula is C18H37IN4O. The van der Waals surface area contributed by atoms with Gasteiger partial charge in [-0.05, 0) is 39.5 Å². The maximum Gasteiger partial charge on any atom is 0.191 e. The first kappa shape index (κ1) is 22.0. The van der Waals surface area contributed by atoms with Crippen LogP contribution >= 0.6 is 24.0 Å². The zero-order valence-electron chi connectivity index (χ0n) is 15.8. The van der Waals surface area contributed by atoms with Gasteiger partial charge in [-0.15, -0.1) is 24.0 Å². The molecule has 0 aromatic carbocycles. The molecule has 1 saturated carbocycles. The largest absolute Gasteiger partial charge is 0.388 e. The molecule has 1 aliphatic carbocycles. The maximum atomic E-state index is 10.6. The van der Waals surface area contributed by atoms with Crippen LogP contribution in [0.25, 0.3) is 0 Å². The Bertz CT molecular complexity index is 396. The zero-order chi connectivity index (χ0) is 16.9. The second kappa shape index (κ2) is 10.2. The van der Waals surface area contributed by atoms with Gasteiger partial charge in [-0.1, -0.05) is 26.2 Å². The Morgan fingerprint density at radius 1 is 1.25 bits per heavy atom. The number of nitrogens with one attached hydrogen (secondary N) is 2. The van der Waals surface area contributed by atoms with Crippen molar-refractivity contribution in [3.05, 3.63) is 0 Å². The van der Waals surface area contributed by atoms with Crippen molar-refractivity contribution in [1.82, 2.24) is 15.5 Å². The summed E-state index contributed by atoms with van der Waals surface area (Å²) in [6.07, 6.45) is 5.26. The maximum absolute atomic E-state index is 10.6. The van der Waals surface area contributed by atoms with Crippen LogP contribution in [-0.4, -0.2) is 59.8 Å². The predicted octanol–water partition coefficient (Wildman–Crippen LogP) is 2.58. The number of hydrogen-bond acceptors (Lipinski definition) is 3. The predicted molar refractivity (Wildman–Crippen MR) is 112 cm³/mol. The van der Waals surface area contributed by atoms with E-state index in [4.69, 9.17) is 4.99 Å². The topological polar surface area (TPSA) is 59.9 Å². The lowest BCUT2D eigenvalue weighted by atomic mass is 9.85. The first-order chi connectivity index (χ1) is 10.9. The number of rotatable bonds is 5. The van der Waals surface area contributed by atoms with Crippen LogP contribution in [-0.2, 0) is 0 Å². The van der Waals surface area contributed by atoms with Crippen molar-refractivity contribution in [3.63, 3.8) is 0 Å². The number of aliphatic imine (C=N–C) groups is 1. The monoisotopic (exact) mass is 452 g/mol. The van der Waals surface area contributed by atoms with E-state index >= 15 is 0 Å². The molecule has 0 radical (unpaired) electrons. The minimum atomic E-state index is -0.591. The molecule has 5 nitrogen and oxygen atoms in total. The summed E-state index contributed by atoms with van der Waals surface area (Å²) in [6.45, 7) is 12.5. The fourth-order valence-corrected chi connectivity index (χ4v) is 3.70. The normalized spacial score (nSPS) is 27.8. The van der Waals surface area contributed by atoms with Crippen LogP contribution in [0.2, 0.25) is 0 Å². The molecule has 3 N–H and O–H groups in total. The summed E-state index contributed by atoms with van der Waals surface area (Å²) in [6, 6.07) is 1.02. The summed E-state index contributed by atoms with van der Waals surface area (Å²) in [7, 11) is 0. The minimum Gasteiger partial charge on any atom is -0.388 e. The van der Waals surface area contributed by atoms with E-state index in [2.05, 4.69) is 43.2 Å². The molecule has 0 bridgehead atoms. The van der Waals surface area contributed by atoms with Crippen LogP contribution in [0.5, 0.6) is 0 Å². The van der Waals surface area contributed by atoms with E-state index in [1.807, 2.05) is 0 Å². The van der Waals surface area contributed by atoms with Crippen molar-refractivity contribution in [2.75, 3.05) is 26.2 Å². The van der Waals surface area contributed by atoms with Crippen LogP contribution in [0.1, 0.15) is 59.8 Å². The van der Waals surface area contributed by atoms with Crippen LogP contribution in [0, 0.1) is 5.92 Å². The molecule has 2 unspecified atom stereocenters. The number of likely N-dealkylation sites (tertiary alicyclic amines) is 1. The van der Waals surface area contributed by atoms with E-state index in [0.717, 1.165) is 51.3 Å². The van der Waals surface area contributed by atoms with Gasteiger partial charge < -0.3 is 15.7 Å². The highest BCUT2D eigenvalue weighted by Crippen LogP contribution is 2.28. The Morgan fingerprint density at radius 3 is 2.46 bits per heavy atom. The number of guanidine groups is 1. The zero-order valence-corrected chi connectivity index (χ0v) is 18.2. The van der Waals surface area contributed by atoms with Gasteiger partial charge in [0.15, 0.2) is 5.96 Å². The van der Waals surface area contributed by atoms with E-state index in [1.54, 1.807) is 0 Å². The molecular weight excluding hydrogens is 415 g/mol. The summed E-state index contributed by atoms with van der Waals surface area (Å²) in [5.41, 5.74) is -0.591. The SMILES string of the molecule is CCNC(=NCC1(O)CCCCC1)NC1CN(C(C)C)CC1C.I. The van der Waals surface area contributed by atoms with E-state index in [-0.39, 0.29) is 24.0 Å².